The summed E-state index contributed by atoms with van der Waals surface area (Å²) < 4.78 is 11.1. The molecule has 2 aromatic carbocycles. The first-order valence-electron chi connectivity index (χ1n) is 6.34. The van der Waals surface area contributed by atoms with Crippen LogP contribution in [0.5, 0.6) is 11.5 Å². The minimum Gasteiger partial charge on any atom is -0.496 e. The number of ether oxygens (including phenoxy) is 2. The largest absolute Gasteiger partial charge is 0.496 e. The van der Waals surface area contributed by atoms with E-state index in [1.807, 2.05) is 36.4 Å². The summed E-state index contributed by atoms with van der Waals surface area (Å²) in [6, 6.07) is 12.8. The maximum atomic E-state index is 9.72. The van der Waals surface area contributed by atoms with Crippen molar-refractivity contribution < 1.29 is 14.6 Å². The number of para-hydroxylation sites is 1. The number of rotatable bonds is 5. The van der Waals surface area contributed by atoms with Crippen molar-refractivity contribution in [3.8, 4) is 11.5 Å². The lowest BCUT2D eigenvalue weighted by Gasteiger charge is -2.14. The van der Waals surface area contributed by atoms with Crippen molar-refractivity contribution in [1.29, 1.82) is 0 Å². The lowest BCUT2D eigenvalue weighted by molar-refractivity contribution is 0.190. The molecule has 0 fully saturated rings. The third kappa shape index (κ3) is 3.44. The zero-order valence-electron chi connectivity index (χ0n) is 11.5. The molecule has 1 atom stereocenters. The van der Waals surface area contributed by atoms with Gasteiger partial charge in [0.05, 0.1) is 13.2 Å². The summed E-state index contributed by atoms with van der Waals surface area (Å²) in [6.07, 6.45) is -0.576. The van der Waals surface area contributed by atoms with Crippen molar-refractivity contribution in [2.24, 2.45) is 0 Å². The molecule has 0 heterocycles. The van der Waals surface area contributed by atoms with Gasteiger partial charge in [0, 0.05) is 16.1 Å². The Morgan fingerprint density at radius 3 is 2.60 bits per heavy atom. The van der Waals surface area contributed by atoms with E-state index in [4.69, 9.17) is 21.1 Å². The van der Waals surface area contributed by atoms with E-state index < -0.39 is 6.10 Å². The summed E-state index contributed by atoms with van der Waals surface area (Å²) >= 11 is 5.99. The van der Waals surface area contributed by atoms with Crippen LogP contribution in [-0.2, 0) is 6.61 Å². The lowest BCUT2D eigenvalue weighted by Crippen LogP contribution is -2.02. The predicted molar refractivity (Wildman–Crippen MR) is 79.4 cm³/mol. The van der Waals surface area contributed by atoms with E-state index in [1.54, 1.807) is 20.1 Å². The maximum absolute atomic E-state index is 9.72. The fourth-order valence-electron chi connectivity index (χ4n) is 1.97. The Kier molecular flexibility index (Phi) is 4.88. The van der Waals surface area contributed by atoms with Crippen molar-refractivity contribution in [2.75, 3.05) is 7.11 Å². The highest BCUT2D eigenvalue weighted by Crippen LogP contribution is 2.28. The van der Waals surface area contributed by atoms with Gasteiger partial charge in [-0.15, -0.1) is 0 Å². The van der Waals surface area contributed by atoms with E-state index >= 15 is 0 Å². The normalized spacial score (nSPS) is 12.0. The van der Waals surface area contributed by atoms with E-state index in [0.29, 0.717) is 17.4 Å². The Hall–Kier alpha value is -1.71. The Balaban J connectivity index is 2.19. The van der Waals surface area contributed by atoms with Gasteiger partial charge in [0.2, 0.25) is 0 Å². The summed E-state index contributed by atoms with van der Waals surface area (Å²) in [7, 11) is 1.61. The molecule has 0 unspecified atom stereocenters. The number of methoxy groups -OCH3 is 1. The second kappa shape index (κ2) is 6.64. The minimum atomic E-state index is -0.576. The lowest BCUT2D eigenvalue weighted by atomic mass is 10.1. The predicted octanol–water partition coefficient (Wildman–Crippen LogP) is 3.98. The third-order valence-electron chi connectivity index (χ3n) is 2.99. The summed E-state index contributed by atoms with van der Waals surface area (Å²) in [5.74, 6) is 1.38. The summed E-state index contributed by atoms with van der Waals surface area (Å²) in [5.41, 5.74) is 1.62. The van der Waals surface area contributed by atoms with Crippen LogP contribution < -0.4 is 9.47 Å². The molecular weight excluding hydrogens is 276 g/mol. The van der Waals surface area contributed by atoms with Gasteiger partial charge in [-0.3, -0.25) is 0 Å². The van der Waals surface area contributed by atoms with Crippen molar-refractivity contribution in [1.82, 2.24) is 0 Å². The van der Waals surface area contributed by atoms with Crippen LogP contribution in [0.2, 0.25) is 5.02 Å². The monoisotopic (exact) mass is 292 g/mol. The summed E-state index contributed by atoms with van der Waals surface area (Å²) in [4.78, 5) is 0. The van der Waals surface area contributed by atoms with Crippen LogP contribution in [0, 0.1) is 0 Å². The van der Waals surface area contributed by atoms with Crippen LogP contribution in [0.1, 0.15) is 24.2 Å². The van der Waals surface area contributed by atoms with Crippen molar-refractivity contribution in [2.45, 2.75) is 19.6 Å². The van der Waals surface area contributed by atoms with Crippen LogP contribution in [0.25, 0.3) is 0 Å². The Morgan fingerprint density at radius 1 is 1.15 bits per heavy atom. The molecule has 2 rings (SSSR count). The van der Waals surface area contributed by atoms with E-state index in [0.717, 1.165) is 16.9 Å². The van der Waals surface area contributed by atoms with Crippen LogP contribution in [0.15, 0.2) is 42.5 Å². The van der Waals surface area contributed by atoms with Crippen molar-refractivity contribution >= 4 is 11.6 Å². The Bertz CT molecular complexity index is 582. The SMILES string of the molecule is COc1ccc(Cl)cc1COc1ccccc1[C@H](C)O. The second-order valence-electron chi connectivity index (χ2n) is 4.46. The molecule has 0 amide bonds. The topological polar surface area (TPSA) is 38.7 Å². The van der Waals surface area contributed by atoms with Gasteiger partial charge in [0.15, 0.2) is 0 Å². The molecule has 4 heteroatoms. The van der Waals surface area contributed by atoms with Crippen LogP contribution in [0.3, 0.4) is 0 Å². The van der Waals surface area contributed by atoms with Crippen molar-refractivity contribution in [3.05, 3.63) is 58.6 Å². The molecule has 0 saturated heterocycles. The van der Waals surface area contributed by atoms with E-state index in [-0.39, 0.29) is 0 Å². The maximum Gasteiger partial charge on any atom is 0.125 e. The number of aliphatic hydroxyl groups is 1. The van der Waals surface area contributed by atoms with Gasteiger partial charge in [-0.2, -0.15) is 0 Å². The molecule has 0 spiro atoms. The highest BCUT2D eigenvalue weighted by molar-refractivity contribution is 6.30. The summed E-state index contributed by atoms with van der Waals surface area (Å²) in [6.45, 7) is 2.04. The van der Waals surface area contributed by atoms with Crippen LogP contribution in [0.4, 0.5) is 0 Å². The van der Waals surface area contributed by atoms with Crippen molar-refractivity contribution in [3.63, 3.8) is 0 Å². The first-order chi connectivity index (χ1) is 9.61. The quantitative estimate of drug-likeness (QED) is 0.906. The molecule has 0 radical (unpaired) electrons. The second-order valence-corrected chi connectivity index (χ2v) is 4.90. The molecule has 20 heavy (non-hydrogen) atoms. The molecule has 1 N–H and O–H groups in total. The van der Waals surface area contributed by atoms with Gasteiger partial charge in [-0.25, -0.2) is 0 Å². The number of hydrogen-bond acceptors (Lipinski definition) is 3. The number of aliphatic hydroxyl groups excluding tert-OH is 1. The van der Waals surface area contributed by atoms with Gasteiger partial charge in [-0.05, 0) is 31.2 Å². The molecule has 2 aromatic rings. The molecule has 0 aliphatic carbocycles. The highest BCUT2D eigenvalue weighted by Gasteiger charge is 2.10. The fraction of sp³-hybridized carbons (Fsp3) is 0.250. The number of benzene rings is 2. The van der Waals surface area contributed by atoms with Gasteiger partial charge in [0.1, 0.15) is 18.1 Å². The molecule has 0 aliphatic heterocycles. The molecule has 3 nitrogen and oxygen atoms in total. The van der Waals surface area contributed by atoms with E-state index in [9.17, 15) is 5.11 Å². The average molecular weight is 293 g/mol. The van der Waals surface area contributed by atoms with Gasteiger partial charge in [0.25, 0.3) is 0 Å². The van der Waals surface area contributed by atoms with Crippen LogP contribution in [-0.4, -0.2) is 12.2 Å². The Labute approximate surface area is 123 Å². The van der Waals surface area contributed by atoms with Gasteiger partial charge >= 0.3 is 0 Å². The third-order valence-corrected chi connectivity index (χ3v) is 3.23. The molecular formula is C16H17ClO3. The van der Waals surface area contributed by atoms with Gasteiger partial charge < -0.3 is 14.6 Å². The average Bonchev–Trinajstić information content (AvgIpc) is 2.45. The minimum absolute atomic E-state index is 0.327. The molecule has 0 aromatic heterocycles. The molecule has 0 bridgehead atoms. The number of hydrogen-bond donors (Lipinski definition) is 1. The number of halogens is 1. The fourth-order valence-corrected chi connectivity index (χ4v) is 2.17. The smallest absolute Gasteiger partial charge is 0.125 e. The van der Waals surface area contributed by atoms with E-state index in [1.165, 1.54) is 0 Å². The first-order valence-corrected chi connectivity index (χ1v) is 6.72. The van der Waals surface area contributed by atoms with Crippen LogP contribution >= 0.6 is 11.6 Å². The standard InChI is InChI=1S/C16H17ClO3/c1-11(18)14-5-3-4-6-16(14)20-10-12-9-13(17)7-8-15(12)19-2/h3-9,11,18H,10H2,1-2H3/t11-/m0/s1. The first kappa shape index (κ1) is 14.7. The Morgan fingerprint density at radius 2 is 1.90 bits per heavy atom. The molecule has 0 aliphatic rings. The molecule has 0 saturated carbocycles. The zero-order valence-corrected chi connectivity index (χ0v) is 12.2. The molecule has 106 valence electrons. The highest BCUT2D eigenvalue weighted by atomic mass is 35.5. The van der Waals surface area contributed by atoms with Gasteiger partial charge in [-0.1, -0.05) is 29.8 Å². The summed E-state index contributed by atoms with van der Waals surface area (Å²) in [5, 5.41) is 10.4. The zero-order chi connectivity index (χ0) is 14.5. The van der Waals surface area contributed by atoms with E-state index in [2.05, 4.69) is 0 Å².